The van der Waals surface area contributed by atoms with E-state index < -0.39 is 0 Å². The van der Waals surface area contributed by atoms with Gasteiger partial charge in [-0.25, -0.2) is 0 Å². The Kier molecular flexibility index (Phi) is 7.01. The van der Waals surface area contributed by atoms with Gasteiger partial charge in [0.25, 0.3) is 0 Å². The van der Waals surface area contributed by atoms with Crippen molar-refractivity contribution in [3.05, 3.63) is 0 Å². The first-order chi connectivity index (χ1) is 8.16. The molecule has 0 radical (unpaired) electrons. The van der Waals surface area contributed by atoms with Gasteiger partial charge in [-0.1, -0.05) is 32.6 Å². The molecule has 0 atom stereocenters. The molecule has 0 bridgehead atoms. The van der Waals surface area contributed by atoms with E-state index in [1.807, 2.05) is 20.8 Å². The average molecular weight is 252 g/mol. The maximum Gasteiger partial charge on any atom is 0.226 e. The van der Waals surface area contributed by atoms with Gasteiger partial charge in [-0.3, -0.25) is 9.69 Å². The van der Waals surface area contributed by atoms with Crippen molar-refractivity contribution in [3.8, 4) is 11.8 Å². The molecule has 3 heteroatoms. The monoisotopic (exact) mass is 252 g/mol. The van der Waals surface area contributed by atoms with E-state index in [2.05, 4.69) is 49.8 Å². The van der Waals surface area contributed by atoms with Crippen LogP contribution in [0.15, 0.2) is 0 Å². The van der Waals surface area contributed by atoms with Crippen LogP contribution in [0.3, 0.4) is 0 Å². The summed E-state index contributed by atoms with van der Waals surface area (Å²) in [5.74, 6) is 6.16. The first kappa shape index (κ1) is 17.0. The lowest BCUT2D eigenvalue weighted by molar-refractivity contribution is -0.128. The Morgan fingerprint density at radius 2 is 1.61 bits per heavy atom. The molecule has 0 rings (SSSR count). The molecule has 0 spiro atoms. The minimum absolute atomic E-state index is 0.0429. The highest BCUT2D eigenvalue weighted by Crippen LogP contribution is 2.11. The Hall–Kier alpha value is -1.01. The van der Waals surface area contributed by atoms with E-state index in [-0.39, 0.29) is 11.3 Å². The van der Waals surface area contributed by atoms with Crippen molar-refractivity contribution < 1.29 is 4.79 Å². The highest BCUT2D eigenvalue weighted by Gasteiger charge is 2.19. The fourth-order valence-corrected chi connectivity index (χ4v) is 1.56. The molecular formula is C15H28N2O. The number of nitrogens with one attached hydrogen (secondary N) is 1. The molecule has 0 unspecified atom stereocenters. The summed E-state index contributed by atoms with van der Waals surface area (Å²) in [7, 11) is 0. The van der Waals surface area contributed by atoms with Crippen LogP contribution in [0, 0.1) is 17.3 Å². The van der Waals surface area contributed by atoms with Gasteiger partial charge >= 0.3 is 0 Å². The lowest BCUT2D eigenvalue weighted by Gasteiger charge is -2.28. The van der Waals surface area contributed by atoms with E-state index in [1.165, 1.54) is 0 Å². The third-order valence-corrected chi connectivity index (χ3v) is 2.73. The number of carbonyl (C=O) groups excluding carboxylic acids is 1. The van der Waals surface area contributed by atoms with Crippen molar-refractivity contribution in [2.45, 2.75) is 60.5 Å². The van der Waals surface area contributed by atoms with Gasteiger partial charge in [-0.15, -0.1) is 0 Å². The van der Waals surface area contributed by atoms with E-state index >= 15 is 0 Å². The largest absolute Gasteiger partial charge is 0.345 e. The molecule has 0 aromatic rings. The summed E-state index contributed by atoms with van der Waals surface area (Å²) >= 11 is 0. The number of nitrogens with zero attached hydrogens (tertiary/aromatic N) is 1. The van der Waals surface area contributed by atoms with Crippen molar-refractivity contribution >= 4 is 5.91 Å². The number of hydrogen-bond acceptors (Lipinski definition) is 2. The SMILES string of the molecule is CC(C)N(CC#CCNC(=O)C(C)(C)C)C(C)C. The van der Waals surface area contributed by atoms with E-state index in [9.17, 15) is 4.79 Å². The van der Waals surface area contributed by atoms with Crippen LogP contribution in [-0.4, -0.2) is 36.0 Å². The molecule has 0 aromatic carbocycles. The lowest BCUT2D eigenvalue weighted by Crippen LogP contribution is -2.37. The van der Waals surface area contributed by atoms with Gasteiger partial charge in [-0.2, -0.15) is 0 Å². The van der Waals surface area contributed by atoms with Gasteiger partial charge in [0, 0.05) is 17.5 Å². The number of rotatable bonds is 4. The Labute approximate surface area is 112 Å². The van der Waals surface area contributed by atoms with Crippen LogP contribution < -0.4 is 5.32 Å². The van der Waals surface area contributed by atoms with Gasteiger partial charge < -0.3 is 5.32 Å². The number of hydrogen-bond donors (Lipinski definition) is 1. The molecule has 0 aliphatic carbocycles. The zero-order valence-corrected chi connectivity index (χ0v) is 12.9. The van der Waals surface area contributed by atoms with Gasteiger partial charge in [0.05, 0.1) is 13.1 Å². The first-order valence-corrected chi connectivity index (χ1v) is 6.66. The molecule has 18 heavy (non-hydrogen) atoms. The lowest BCUT2D eigenvalue weighted by atomic mass is 9.96. The summed E-state index contributed by atoms with van der Waals surface area (Å²) < 4.78 is 0. The summed E-state index contributed by atoms with van der Waals surface area (Å²) in [6.07, 6.45) is 0. The number of amides is 1. The van der Waals surface area contributed by atoms with Gasteiger partial charge in [-0.05, 0) is 27.7 Å². The average Bonchev–Trinajstić information content (AvgIpc) is 2.20. The molecule has 0 saturated carbocycles. The molecule has 0 fully saturated rings. The van der Waals surface area contributed by atoms with E-state index in [0.29, 0.717) is 18.6 Å². The molecule has 0 aromatic heterocycles. The normalized spacial score (nSPS) is 11.7. The summed E-state index contributed by atoms with van der Waals surface area (Å²) in [5.41, 5.74) is -0.344. The molecule has 1 N–H and O–H groups in total. The second kappa shape index (κ2) is 7.43. The highest BCUT2D eigenvalue weighted by molar-refractivity contribution is 5.81. The predicted molar refractivity (Wildman–Crippen MR) is 77.2 cm³/mol. The topological polar surface area (TPSA) is 32.3 Å². The Bertz CT molecular complexity index is 308. The van der Waals surface area contributed by atoms with Gasteiger partial charge in [0.15, 0.2) is 0 Å². The summed E-state index contributed by atoms with van der Waals surface area (Å²) in [6, 6.07) is 0.979. The van der Waals surface area contributed by atoms with Crippen LogP contribution >= 0.6 is 0 Å². The fourth-order valence-electron chi connectivity index (χ4n) is 1.56. The molecule has 104 valence electrons. The molecule has 0 heterocycles. The molecule has 3 nitrogen and oxygen atoms in total. The minimum atomic E-state index is -0.344. The van der Waals surface area contributed by atoms with E-state index in [1.54, 1.807) is 0 Å². The third kappa shape index (κ3) is 6.66. The maximum atomic E-state index is 11.6. The second-order valence-corrected chi connectivity index (χ2v) is 6.15. The fraction of sp³-hybridized carbons (Fsp3) is 0.800. The zero-order chi connectivity index (χ0) is 14.3. The van der Waals surface area contributed by atoms with Crippen LogP contribution in [0.4, 0.5) is 0 Å². The van der Waals surface area contributed by atoms with Gasteiger partial charge in [0.1, 0.15) is 0 Å². The van der Waals surface area contributed by atoms with Crippen molar-refractivity contribution in [2.75, 3.05) is 13.1 Å². The minimum Gasteiger partial charge on any atom is -0.345 e. The molecule has 0 saturated heterocycles. The summed E-state index contributed by atoms with van der Waals surface area (Å²) in [5, 5.41) is 2.82. The quantitative estimate of drug-likeness (QED) is 0.779. The highest BCUT2D eigenvalue weighted by atomic mass is 16.2. The smallest absolute Gasteiger partial charge is 0.226 e. The third-order valence-electron chi connectivity index (χ3n) is 2.73. The van der Waals surface area contributed by atoms with Crippen LogP contribution in [0.2, 0.25) is 0 Å². The summed E-state index contributed by atoms with van der Waals surface area (Å²) in [6.45, 7) is 15.6. The Balaban J connectivity index is 4.10. The molecule has 0 aliphatic rings. The molecular weight excluding hydrogens is 224 g/mol. The standard InChI is InChI=1S/C15H28N2O/c1-12(2)17(13(3)4)11-9-8-10-16-14(18)15(5,6)7/h12-13H,10-11H2,1-7H3,(H,16,18). The molecule has 1 amide bonds. The van der Waals surface area contributed by atoms with Crippen LogP contribution in [0.25, 0.3) is 0 Å². The zero-order valence-electron chi connectivity index (χ0n) is 12.9. The van der Waals surface area contributed by atoms with Crippen molar-refractivity contribution in [2.24, 2.45) is 5.41 Å². The Morgan fingerprint density at radius 3 is 2.00 bits per heavy atom. The van der Waals surface area contributed by atoms with E-state index in [4.69, 9.17) is 0 Å². The maximum absolute atomic E-state index is 11.6. The second-order valence-electron chi connectivity index (χ2n) is 6.15. The van der Waals surface area contributed by atoms with Crippen molar-refractivity contribution in [1.82, 2.24) is 10.2 Å². The van der Waals surface area contributed by atoms with E-state index in [0.717, 1.165) is 6.54 Å². The van der Waals surface area contributed by atoms with Crippen LogP contribution in [-0.2, 0) is 4.79 Å². The van der Waals surface area contributed by atoms with Crippen LogP contribution in [0.5, 0.6) is 0 Å². The molecule has 0 aliphatic heterocycles. The summed E-state index contributed by atoms with van der Waals surface area (Å²) in [4.78, 5) is 13.9. The number of carbonyl (C=O) groups is 1. The first-order valence-electron chi connectivity index (χ1n) is 6.66. The van der Waals surface area contributed by atoms with Crippen molar-refractivity contribution in [3.63, 3.8) is 0 Å². The van der Waals surface area contributed by atoms with Crippen LogP contribution in [0.1, 0.15) is 48.5 Å². The Morgan fingerprint density at radius 1 is 1.11 bits per heavy atom. The van der Waals surface area contributed by atoms with Crippen molar-refractivity contribution in [1.29, 1.82) is 0 Å². The predicted octanol–water partition coefficient (Wildman–Crippen LogP) is 2.27. The van der Waals surface area contributed by atoms with Gasteiger partial charge in [0.2, 0.25) is 5.91 Å².